The minimum atomic E-state index is -3.92. The fourth-order valence-corrected chi connectivity index (χ4v) is 5.54. The minimum absolute atomic E-state index is 0.00728. The lowest BCUT2D eigenvalue weighted by Crippen LogP contribution is -2.21. The number of hydrogen-bond donors (Lipinski definition) is 1. The smallest absolute Gasteiger partial charge is 0.180 e. The Morgan fingerprint density at radius 1 is 0.850 bits per heavy atom. The molecule has 1 aromatic carbocycles. The normalized spacial score (nSPS) is 12.6. The van der Waals surface area contributed by atoms with Gasteiger partial charge in [0.2, 0.25) is 0 Å². The van der Waals surface area contributed by atoms with Crippen LogP contribution in [-0.4, -0.2) is 45.8 Å². The summed E-state index contributed by atoms with van der Waals surface area (Å²) in [5.41, 5.74) is 0. The van der Waals surface area contributed by atoms with Gasteiger partial charge >= 0.3 is 0 Å². The Balaban J connectivity index is 3.04. The van der Waals surface area contributed by atoms with Crippen LogP contribution >= 0.6 is 34.8 Å². The van der Waals surface area contributed by atoms with Crippen LogP contribution in [0, 0.1) is 0 Å². The molecule has 1 aromatic rings. The lowest BCUT2D eigenvalue weighted by molar-refractivity contribution is 0.319. The standard InChI is InChI=1S/C10H11Cl3O5S2/c11-7-5-9(13)10(6-8(7)12)20(17,18)4-3-19(15,16)2-1-14/h5-6,14H,1-4H2. The average molecular weight is 382 g/mol. The molecule has 20 heavy (non-hydrogen) atoms. The highest BCUT2D eigenvalue weighted by Crippen LogP contribution is 2.32. The van der Waals surface area contributed by atoms with E-state index in [0.29, 0.717) is 0 Å². The first-order valence-electron chi connectivity index (χ1n) is 5.27. The monoisotopic (exact) mass is 380 g/mol. The van der Waals surface area contributed by atoms with E-state index in [1.807, 2.05) is 0 Å². The van der Waals surface area contributed by atoms with E-state index in [0.717, 1.165) is 6.07 Å². The Kier molecular flexibility index (Phi) is 6.13. The molecule has 0 atom stereocenters. The summed E-state index contributed by atoms with van der Waals surface area (Å²) >= 11 is 17.2. The van der Waals surface area contributed by atoms with Gasteiger partial charge in [-0.3, -0.25) is 0 Å². The van der Waals surface area contributed by atoms with Crippen LogP contribution in [0.25, 0.3) is 0 Å². The van der Waals surface area contributed by atoms with Crippen molar-refractivity contribution in [2.75, 3.05) is 23.9 Å². The number of rotatable bonds is 6. The lowest BCUT2D eigenvalue weighted by Gasteiger charge is -2.08. The fourth-order valence-electron chi connectivity index (χ4n) is 1.33. The first kappa shape index (κ1) is 18.0. The highest BCUT2D eigenvalue weighted by molar-refractivity contribution is 7.95. The summed E-state index contributed by atoms with van der Waals surface area (Å²) in [6.45, 7) is -0.560. The maximum atomic E-state index is 12.1. The highest BCUT2D eigenvalue weighted by Gasteiger charge is 2.23. The van der Waals surface area contributed by atoms with Crippen LogP contribution in [0.3, 0.4) is 0 Å². The van der Waals surface area contributed by atoms with Gasteiger partial charge in [0.05, 0.1) is 43.8 Å². The maximum Gasteiger partial charge on any atom is 0.180 e. The molecule has 1 N–H and O–H groups in total. The van der Waals surface area contributed by atoms with Gasteiger partial charge in [-0.1, -0.05) is 34.8 Å². The van der Waals surface area contributed by atoms with Gasteiger partial charge in [0, 0.05) is 0 Å². The quantitative estimate of drug-likeness (QED) is 0.759. The van der Waals surface area contributed by atoms with E-state index >= 15 is 0 Å². The van der Waals surface area contributed by atoms with Crippen molar-refractivity contribution >= 4 is 54.5 Å². The largest absolute Gasteiger partial charge is 0.395 e. The molecule has 0 aliphatic heterocycles. The summed E-state index contributed by atoms with van der Waals surface area (Å²) in [6.07, 6.45) is 0. The molecule has 0 heterocycles. The predicted octanol–water partition coefficient (Wildman–Crippen LogP) is 1.83. The number of hydrogen-bond acceptors (Lipinski definition) is 5. The summed E-state index contributed by atoms with van der Waals surface area (Å²) in [6, 6.07) is 2.26. The second-order valence-electron chi connectivity index (χ2n) is 3.89. The third kappa shape index (κ3) is 4.75. The van der Waals surface area contributed by atoms with Gasteiger partial charge in [-0.15, -0.1) is 0 Å². The molecule has 0 fully saturated rings. The Morgan fingerprint density at radius 3 is 1.95 bits per heavy atom. The van der Waals surface area contributed by atoms with Crippen molar-refractivity contribution in [1.29, 1.82) is 0 Å². The van der Waals surface area contributed by atoms with Gasteiger partial charge in [0.15, 0.2) is 19.7 Å². The summed E-state index contributed by atoms with van der Waals surface area (Å²) in [5.74, 6) is -1.74. The zero-order valence-electron chi connectivity index (χ0n) is 10.0. The van der Waals surface area contributed by atoms with E-state index in [4.69, 9.17) is 39.9 Å². The van der Waals surface area contributed by atoms with Crippen molar-refractivity contribution in [3.05, 3.63) is 27.2 Å². The average Bonchev–Trinajstić information content (AvgIpc) is 2.31. The third-order valence-electron chi connectivity index (χ3n) is 2.38. The molecule has 114 valence electrons. The van der Waals surface area contributed by atoms with Crippen molar-refractivity contribution in [2.24, 2.45) is 0 Å². The number of sulfone groups is 2. The molecule has 0 amide bonds. The Hall–Kier alpha value is -0.0500. The van der Waals surface area contributed by atoms with Crippen LogP contribution < -0.4 is 0 Å². The molecule has 0 aliphatic carbocycles. The zero-order valence-corrected chi connectivity index (χ0v) is 13.9. The Bertz CT molecular complexity index is 698. The summed E-state index contributed by atoms with van der Waals surface area (Å²) in [4.78, 5) is -0.271. The van der Waals surface area contributed by atoms with Crippen molar-refractivity contribution in [3.8, 4) is 0 Å². The van der Waals surface area contributed by atoms with E-state index in [-0.39, 0.29) is 20.0 Å². The minimum Gasteiger partial charge on any atom is -0.395 e. The Labute approximate surface area is 132 Å². The molecule has 1 rings (SSSR count). The van der Waals surface area contributed by atoms with Gasteiger partial charge in [-0.05, 0) is 12.1 Å². The number of aliphatic hydroxyl groups is 1. The second kappa shape index (κ2) is 6.81. The van der Waals surface area contributed by atoms with Gasteiger partial charge in [-0.2, -0.15) is 0 Å². The van der Waals surface area contributed by atoms with Crippen LogP contribution in [0.15, 0.2) is 17.0 Å². The van der Waals surface area contributed by atoms with Gasteiger partial charge in [-0.25, -0.2) is 16.8 Å². The molecule has 0 aliphatic rings. The highest BCUT2D eigenvalue weighted by atomic mass is 35.5. The second-order valence-corrected chi connectivity index (χ2v) is 9.49. The molecule has 0 bridgehead atoms. The van der Waals surface area contributed by atoms with E-state index in [1.54, 1.807) is 0 Å². The molecule has 0 saturated carbocycles. The molecule has 0 saturated heterocycles. The molecule has 10 heteroatoms. The van der Waals surface area contributed by atoms with Gasteiger partial charge in [0.1, 0.15) is 0 Å². The maximum absolute atomic E-state index is 12.1. The van der Waals surface area contributed by atoms with Gasteiger partial charge in [0.25, 0.3) is 0 Å². The van der Waals surface area contributed by atoms with Crippen LogP contribution in [0.2, 0.25) is 15.1 Å². The molecular weight excluding hydrogens is 371 g/mol. The van der Waals surface area contributed by atoms with E-state index < -0.39 is 43.5 Å². The molecule has 5 nitrogen and oxygen atoms in total. The van der Waals surface area contributed by atoms with Crippen LogP contribution in [0.4, 0.5) is 0 Å². The molecule has 0 unspecified atom stereocenters. The first-order chi connectivity index (χ1) is 9.09. The number of halogens is 3. The van der Waals surface area contributed by atoms with Crippen molar-refractivity contribution in [1.82, 2.24) is 0 Å². The Morgan fingerprint density at radius 2 is 1.40 bits per heavy atom. The van der Waals surface area contributed by atoms with E-state index in [9.17, 15) is 16.8 Å². The summed E-state index contributed by atoms with van der Waals surface area (Å²) in [7, 11) is -7.55. The van der Waals surface area contributed by atoms with Crippen molar-refractivity contribution in [3.63, 3.8) is 0 Å². The van der Waals surface area contributed by atoms with Gasteiger partial charge < -0.3 is 5.11 Å². The van der Waals surface area contributed by atoms with E-state index in [2.05, 4.69) is 0 Å². The van der Waals surface area contributed by atoms with Crippen LogP contribution in [-0.2, 0) is 19.7 Å². The fraction of sp³-hybridized carbons (Fsp3) is 0.400. The molecular formula is C10H11Cl3O5S2. The van der Waals surface area contributed by atoms with Crippen LogP contribution in [0.5, 0.6) is 0 Å². The third-order valence-corrected chi connectivity index (χ3v) is 7.16. The van der Waals surface area contributed by atoms with Crippen molar-refractivity contribution < 1.29 is 21.9 Å². The van der Waals surface area contributed by atoms with Crippen molar-refractivity contribution in [2.45, 2.75) is 4.90 Å². The predicted molar refractivity (Wildman–Crippen MR) is 79.3 cm³/mol. The van der Waals surface area contributed by atoms with Crippen LogP contribution in [0.1, 0.15) is 0 Å². The molecule has 0 spiro atoms. The number of aliphatic hydroxyl groups excluding tert-OH is 1. The summed E-state index contributed by atoms with van der Waals surface area (Å²) in [5, 5.41) is 8.56. The molecule has 0 radical (unpaired) electrons. The summed E-state index contributed by atoms with van der Waals surface area (Å²) < 4.78 is 46.9. The number of benzene rings is 1. The lowest BCUT2D eigenvalue weighted by atomic mass is 10.4. The topological polar surface area (TPSA) is 88.5 Å². The van der Waals surface area contributed by atoms with E-state index in [1.165, 1.54) is 6.07 Å². The zero-order chi connectivity index (χ0) is 15.6. The first-order valence-corrected chi connectivity index (χ1v) is 9.88. The SMILES string of the molecule is O=S(=O)(CCO)CCS(=O)(=O)c1cc(Cl)c(Cl)cc1Cl. The molecule has 0 aromatic heterocycles.